The second kappa shape index (κ2) is 3.37. The molecular formula is C8H12N2O. The Morgan fingerprint density at radius 2 is 2.27 bits per heavy atom. The van der Waals surface area contributed by atoms with Crippen LogP contribution in [0.3, 0.4) is 0 Å². The molecule has 0 heterocycles. The lowest BCUT2D eigenvalue weighted by Crippen LogP contribution is -2.06. The summed E-state index contributed by atoms with van der Waals surface area (Å²) in [4.78, 5) is 0. The van der Waals surface area contributed by atoms with E-state index in [9.17, 15) is 0 Å². The van der Waals surface area contributed by atoms with E-state index in [0.29, 0.717) is 0 Å². The highest BCUT2D eigenvalue weighted by atomic mass is 16.3. The van der Waals surface area contributed by atoms with E-state index in [1.54, 1.807) is 0 Å². The number of benzene rings is 1. The predicted octanol–water partition coefficient (Wildman–Crippen LogP) is 0.773. The van der Waals surface area contributed by atoms with Gasteiger partial charge < -0.3 is 10.5 Å². The van der Waals surface area contributed by atoms with Crippen molar-refractivity contribution >= 4 is 5.69 Å². The number of nitrogens with two attached hydrogens (primary N) is 1. The second-order valence-corrected chi connectivity index (χ2v) is 2.44. The van der Waals surface area contributed by atoms with Crippen molar-refractivity contribution in [2.75, 3.05) is 5.43 Å². The maximum Gasteiger partial charge on any atom is 0.0684 e. The summed E-state index contributed by atoms with van der Waals surface area (Å²) in [5, 5.41) is 8.83. The van der Waals surface area contributed by atoms with Gasteiger partial charge in [-0.2, -0.15) is 0 Å². The molecule has 60 valence electrons. The number of nitrogen functional groups attached to an aromatic ring is 1. The Bertz CT molecular complexity index is 248. The Balaban J connectivity index is 2.99. The van der Waals surface area contributed by atoms with Crippen LogP contribution in [-0.2, 0) is 6.61 Å². The maximum absolute atomic E-state index is 8.83. The van der Waals surface area contributed by atoms with E-state index in [1.807, 2.05) is 25.1 Å². The molecule has 4 N–H and O–H groups in total. The Hall–Kier alpha value is -1.06. The number of anilines is 1. The number of aliphatic hydroxyl groups excluding tert-OH is 1. The third-order valence-corrected chi connectivity index (χ3v) is 1.68. The number of hydrogen-bond acceptors (Lipinski definition) is 3. The van der Waals surface area contributed by atoms with Gasteiger partial charge in [-0.05, 0) is 30.2 Å². The monoisotopic (exact) mass is 152 g/mol. The van der Waals surface area contributed by atoms with Crippen LogP contribution in [0.5, 0.6) is 0 Å². The molecule has 0 aliphatic rings. The summed E-state index contributed by atoms with van der Waals surface area (Å²) < 4.78 is 0. The summed E-state index contributed by atoms with van der Waals surface area (Å²) in [5.41, 5.74) is 5.38. The van der Waals surface area contributed by atoms with Gasteiger partial charge in [-0.1, -0.05) is 6.07 Å². The fourth-order valence-corrected chi connectivity index (χ4v) is 0.963. The van der Waals surface area contributed by atoms with E-state index in [0.717, 1.165) is 16.8 Å². The highest BCUT2D eigenvalue weighted by molar-refractivity contribution is 5.47. The van der Waals surface area contributed by atoms with Crippen molar-refractivity contribution in [2.45, 2.75) is 13.5 Å². The van der Waals surface area contributed by atoms with Crippen molar-refractivity contribution in [3.05, 3.63) is 29.3 Å². The average Bonchev–Trinajstić information content (AvgIpc) is 2.04. The van der Waals surface area contributed by atoms with Gasteiger partial charge >= 0.3 is 0 Å². The first-order chi connectivity index (χ1) is 5.27. The number of hydrazine groups is 1. The summed E-state index contributed by atoms with van der Waals surface area (Å²) in [6.07, 6.45) is 0. The van der Waals surface area contributed by atoms with Gasteiger partial charge in [-0.25, -0.2) is 0 Å². The number of aliphatic hydroxyl groups is 1. The van der Waals surface area contributed by atoms with E-state index in [-0.39, 0.29) is 6.61 Å². The number of aryl methyl sites for hydroxylation is 1. The molecule has 0 aromatic heterocycles. The van der Waals surface area contributed by atoms with Crippen LogP contribution < -0.4 is 11.3 Å². The third kappa shape index (κ3) is 1.69. The summed E-state index contributed by atoms with van der Waals surface area (Å²) in [6, 6.07) is 5.58. The third-order valence-electron chi connectivity index (χ3n) is 1.68. The van der Waals surface area contributed by atoms with Gasteiger partial charge in [-0.3, -0.25) is 5.84 Å². The Morgan fingerprint density at radius 1 is 1.55 bits per heavy atom. The number of rotatable bonds is 2. The van der Waals surface area contributed by atoms with Crippen LogP contribution in [0, 0.1) is 6.92 Å². The fraction of sp³-hybridized carbons (Fsp3) is 0.250. The smallest absolute Gasteiger partial charge is 0.0684 e. The molecule has 1 rings (SSSR count). The minimum Gasteiger partial charge on any atom is -0.392 e. The van der Waals surface area contributed by atoms with E-state index in [4.69, 9.17) is 10.9 Å². The summed E-state index contributed by atoms with van der Waals surface area (Å²) in [7, 11) is 0. The molecule has 11 heavy (non-hydrogen) atoms. The van der Waals surface area contributed by atoms with E-state index >= 15 is 0 Å². The highest BCUT2D eigenvalue weighted by Gasteiger charge is 1.96. The summed E-state index contributed by atoms with van der Waals surface area (Å²) in [5.74, 6) is 5.20. The molecule has 0 saturated heterocycles. The highest BCUT2D eigenvalue weighted by Crippen LogP contribution is 2.13. The van der Waals surface area contributed by atoms with Crippen molar-refractivity contribution in [1.82, 2.24) is 0 Å². The second-order valence-electron chi connectivity index (χ2n) is 2.44. The molecule has 3 heteroatoms. The molecule has 0 atom stereocenters. The van der Waals surface area contributed by atoms with Gasteiger partial charge in [0.15, 0.2) is 0 Å². The van der Waals surface area contributed by atoms with Gasteiger partial charge in [0.05, 0.1) is 6.61 Å². The first-order valence-corrected chi connectivity index (χ1v) is 3.45. The molecule has 0 fully saturated rings. The van der Waals surface area contributed by atoms with E-state index in [1.165, 1.54) is 0 Å². The van der Waals surface area contributed by atoms with Crippen molar-refractivity contribution in [3.8, 4) is 0 Å². The molecule has 0 radical (unpaired) electrons. The minimum atomic E-state index is 0.0800. The number of hydrogen-bond donors (Lipinski definition) is 3. The minimum absolute atomic E-state index is 0.0800. The molecule has 0 spiro atoms. The van der Waals surface area contributed by atoms with Crippen LogP contribution in [0.15, 0.2) is 18.2 Å². The van der Waals surface area contributed by atoms with Crippen molar-refractivity contribution in [2.24, 2.45) is 5.84 Å². The van der Waals surface area contributed by atoms with Crippen LogP contribution in [0.25, 0.3) is 0 Å². The van der Waals surface area contributed by atoms with Crippen LogP contribution in [0.1, 0.15) is 11.1 Å². The zero-order chi connectivity index (χ0) is 8.27. The van der Waals surface area contributed by atoms with Gasteiger partial charge in [0, 0.05) is 5.69 Å². The molecule has 1 aromatic rings. The molecule has 0 aliphatic carbocycles. The average molecular weight is 152 g/mol. The van der Waals surface area contributed by atoms with Gasteiger partial charge in [0.25, 0.3) is 0 Å². The van der Waals surface area contributed by atoms with Crippen molar-refractivity contribution < 1.29 is 5.11 Å². The lowest BCUT2D eigenvalue weighted by molar-refractivity contribution is 0.281. The standard InChI is InChI=1S/C8H12N2O/c1-6-4-8(10-9)3-2-7(6)5-11/h2-4,10-11H,5,9H2,1H3. The maximum atomic E-state index is 8.83. The van der Waals surface area contributed by atoms with Crippen LogP contribution in [0.2, 0.25) is 0 Å². The quantitative estimate of drug-likeness (QED) is 0.433. The molecule has 1 aromatic carbocycles. The first kappa shape index (κ1) is 8.04. The Morgan fingerprint density at radius 3 is 2.73 bits per heavy atom. The lowest BCUT2D eigenvalue weighted by atomic mass is 10.1. The molecule has 0 amide bonds. The topological polar surface area (TPSA) is 58.3 Å². The Labute approximate surface area is 65.8 Å². The van der Waals surface area contributed by atoms with Gasteiger partial charge in [0.2, 0.25) is 0 Å². The van der Waals surface area contributed by atoms with Crippen LogP contribution >= 0.6 is 0 Å². The fourth-order valence-electron chi connectivity index (χ4n) is 0.963. The zero-order valence-corrected chi connectivity index (χ0v) is 6.46. The van der Waals surface area contributed by atoms with Gasteiger partial charge in [0.1, 0.15) is 0 Å². The molecule has 0 bridgehead atoms. The van der Waals surface area contributed by atoms with Crippen molar-refractivity contribution in [1.29, 1.82) is 0 Å². The predicted molar refractivity (Wildman–Crippen MR) is 44.9 cm³/mol. The molecule has 0 aliphatic heterocycles. The Kier molecular flexibility index (Phi) is 2.46. The van der Waals surface area contributed by atoms with E-state index in [2.05, 4.69) is 5.43 Å². The molecular weight excluding hydrogens is 140 g/mol. The van der Waals surface area contributed by atoms with Crippen LogP contribution in [-0.4, -0.2) is 5.11 Å². The lowest BCUT2D eigenvalue weighted by Gasteiger charge is -2.04. The van der Waals surface area contributed by atoms with E-state index < -0.39 is 0 Å². The molecule has 0 saturated carbocycles. The zero-order valence-electron chi connectivity index (χ0n) is 6.46. The summed E-state index contributed by atoms with van der Waals surface area (Å²) >= 11 is 0. The molecule has 0 unspecified atom stereocenters. The summed E-state index contributed by atoms with van der Waals surface area (Å²) in [6.45, 7) is 2.02. The normalized spacial score (nSPS) is 9.73. The van der Waals surface area contributed by atoms with Crippen molar-refractivity contribution in [3.63, 3.8) is 0 Å². The van der Waals surface area contributed by atoms with Gasteiger partial charge in [-0.15, -0.1) is 0 Å². The van der Waals surface area contributed by atoms with Crippen LogP contribution in [0.4, 0.5) is 5.69 Å². The number of nitrogens with one attached hydrogen (secondary N) is 1. The first-order valence-electron chi connectivity index (χ1n) is 3.45. The largest absolute Gasteiger partial charge is 0.392 e. The SMILES string of the molecule is Cc1cc(NN)ccc1CO. The molecule has 3 nitrogen and oxygen atoms in total.